The van der Waals surface area contributed by atoms with Gasteiger partial charge in [-0.15, -0.1) is 0 Å². The lowest BCUT2D eigenvalue weighted by atomic mass is 10.1. The molecule has 0 spiro atoms. The van der Waals surface area contributed by atoms with E-state index in [1.807, 2.05) is 36.5 Å². The maximum absolute atomic E-state index is 11.5. The Kier molecular flexibility index (Phi) is 3.27. The van der Waals surface area contributed by atoms with Crippen LogP contribution in [0.1, 0.15) is 10.6 Å². The van der Waals surface area contributed by atoms with Crippen LogP contribution in [0.3, 0.4) is 0 Å². The molecule has 118 valence electrons. The minimum Gasteiger partial charge on any atom is -0.463 e. The first-order valence-electron chi connectivity index (χ1n) is 7.16. The number of aromatic amines is 1. The average molecular weight is 320 g/mol. The SMILES string of the molecule is COC(=O)c1nc2cnc(-n3cc(-c4ccccc4)cn3)nc2[nH]1. The van der Waals surface area contributed by atoms with Gasteiger partial charge in [0.15, 0.2) is 5.65 Å². The Morgan fingerprint density at radius 2 is 1.96 bits per heavy atom. The molecule has 1 aromatic carbocycles. The van der Waals surface area contributed by atoms with Crippen molar-refractivity contribution in [2.75, 3.05) is 7.11 Å². The Morgan fingerprint density at radius 1 is 1.12 bits per heavy atom. The Labute approximate surface area is 136 Å². The maximum Gasteiger partial charge on any atom is 0.374 e. The number of benzene rings is 1. The molecular weight excluding hydrogens is 308 g/mol. The normalized spacial score (nSPS) is 10.9. The zero-order valence-electron chi connectivity index (χ0n) is 12.7. The highest BCUT2D eigenvalue weighted by atomic mass is 16.5. The van der Waals surface area contributed by atoms with Gasteiger partial charge in [0.05, 0.1) is 19.5 Å². The summed E-state index contributed by atoms with van der Waals surface area (Å²) in [5, 5.41) is 4.29. The minimum absolute atomic E-state index is 0.0874. The molecule has 0 aliphatic rings. The molecule has 4 aromatic rings. The molecule has 1 N–H and O–H groups in total. The van der Waals surface area contributed by atoms with E-state index >= 15 is 0 Å². The predicted molar refractivity (Wildman–Crippen MR) is 85.6 cm³/mol. The third-order valence-electron chi connectivity index (χ3n) is 3.50. The van der Waals surface area contributed by atoms with Gasteiger partial charge in [-0.1, -0.05) is 30.3 Å². The van der Waals surface area contributed by atoms with Crippen molar-refractivity contribution in [3.63, 3.8) is 0 Å². The van der Waals surface area contributed by atoms with E-state index in [0.29, 0.717) is 17.1 Å². The monoisotopic (exact) mass is 320 g/mol. The fourth-order valence-electron chi connectivity index (χ4n) is 2.32. The number of aromatic nitrogens is 6. The second kappa shape index (κ2) is 5.58. The van der Waals surface area contributed by atoms with Crippen molar-refractivity contribution in [3.8, 4) is 17.1 Å². The summed E-state index contributed by atoms with van der Waals surface area (Å²) in [6.45, 7) is 0. The molecule has 3 aromatic heterocycles. The number of H-pyrrole nitrogens is 1. The van der Waals surface area contributed by atoms with Crippen LogP contribution in [0.25, 0.3) is 28.2 Å². The number of hydrogen-bond donors (Lipinski definition) is 1. The third kappa shape index (κ3) is 2.39. The molecule has 0 atom stereocenters. The molecule has 0 radical (unpaired) electrons. The Balaban J connectivity index is 1.72. The van der Waals surface area contributed by atoms with Crippen molar-refractivity contribution in [1.29, 1.82) is 0 Å². The standard InChI is InChI=1S/C16H12N6O2/c1-24-15(23)14-19-12-8-17-16(21-13(12)20-14)22-9-11(7-18-22)10-5-3-2-4-6-10/h2-9H,1H3,(H,17,19,20,21). The van der Waals surface area contributed by atoms with Gasteiger partial charge in [0.1, 0.15) is 5.52 Å². The second-order valence-corrected chi connectivity index (χ2v) is 5.02. The van der Waals surface area contributed by atoms with Crippen LogP contribution in [0.15, 0.2) is 48.9 Å². The lowest BCUT2D eigenvalue weighted by Gasteiger charge is -1.98. The van der Waals surface area contributed by atoms with Gasteiger partial charge in [-0.3, -0.25) is 0 Å². The molecule has 0 unspecified atom stereocenters. The van der Waals surface area contributed by atoms with Crippen LogP contribution in [0.2, 0.25) is 0 Å². The van der Waals surface area contributed by atoms with Gasteiger partial charge in [-0.05, 0) is 5.56 Å². The molecule has 0 fully saturated rings. The van der Waals surface area contributed by atoms with E-state index in [4.69, 9.17) is 0 Å². The highest BCUT2D eigenvalue weighted by Crippen LogP contribution is 2.19. The predicted octanol–water partition coefficient (Wildman–Crippen LogP) is 1.99. The van der Waals surface area contributed by atoms with E-state index in [-0.39, 0.29) is 5.82 Å². The fraction of sp³-hybridized carbons (Fsp3) is 0.0625. The van der Waals surface area contributed by atoms with Crippen LogP contribution in [0.4, 0.5) is 0 Å². The molecule has 8 heteroatoms. The zero-order chi connectivity index (χ0) is 16.5. The van der Waals surface area contributed by atoms with E-state index in [1.54, 1.807) is 10.9 Å². The molecule has 0 saturated heterocycles. The topological polar surface area (TPSA) is 98.6 Å². The third-order valence-corrected chi connectivity index (χ3v) is 3.50. The van der Waals surface area contributed by atoms with Gasteiger partial charge in [-0.2, -0.15) is 10.1 Å². The first-order chi connectivity index (χ1) is 11.7. The molecule has 0 saturated carbocycles. The largest absolute Gasteiger partial charge is 0.463 e. The molecular formula is C16H12N6O2. The van der Waals surface area contributed by atoms with Gasteiger partial charge < -0.3 is 9.72 Å². The van der Waals surface area contributed by atoms with Crippen LogP contribution in [-0.4, -0.2) is 42.8 Å². The van der Waals surface area contributed by atoms with E-state index in [1.165, 1.54) is 13.3 Å². The summed E-state index contributed by atoms with van der Waals surface area (Å²) in [7, 11) is 1.29. The van der Waals surface area contributed by atoms with Crippen LogP contribution in [0, 0.1) is 0 Å². The number of hydrogen-bond acceptors (Lipinski definition) is 6. The number of ether oxygens (including phenoxy) is 1. The van der Waals surface area contributed by atoms with E-state index in [9.17, 15) is 4.79 Å². The lowest BCUT2D eigenvalue weighted by molar-refractivity contribution is 0.0588. The van der Waals surface area contributed by atoms with Gasteiger partial charge in [0.2, 0.25) is 5.82 Å². The number of carbonyl (C=O) groups is 1. The molecule has 4 rings (SSSR count). The highest BCUT2D eigenvalue weighted by molar-refractivity contribution is 5.89. The van der Waals surface area contributed by atoms with Crippen molar-refractivity contribution in [2.45, 2.75) is 0 Å². The molecule has 0 aliphatic heterocycles. The van der Waals surface area contributed by atoms with E-state index in [0.717, 1.165) is 11.1 Å². The number of nitrogens with one attached hydrogen (secondary N) is 1. The number of fused-ring (bicyclic) bond motifs is 1. The molecule has 8 nitrogen and oxygen atoms in total. The van der Waals surface area contributed by atoms with Crippen molar-refractivity contribution in [3.05, 3.63) is 54.7 Å². The highest BCUT2D eigenvalue weighted by Gasteiger charge is 2.14. The summed E-state index contributed by atoms with van der Waals surface area (Å²) in [4.78, 5) is 27.0. The summed E-state index contributed by atoms with van der Waals surface area (Å²) in [6.07, 6.45) is 5.12. The smallest absolute Gasteiger partial charge is 0.374 e. The fourth-order valence-corrected chi connectivity index (χ4v) is 2.32. The van der Waals surface area contributed by atoms with E-state index in [2.05, 4.69) is 29.8 Å². The number of carbonyl (C=O) groups excluding carboxylic acids is 1. The summed E-state index contributed by atoms with van der Waals surface area (Å²) in [5.74, 6) is -0.0888. The van der Waals surface area contributed by atoms with Crippen LogP contribution in [-0.2, 0) is 4.74 Å². The average Bonchev–Trinajstić information content (AvgIpc) is 3.28. The van der Waals surface area contributed by atoms with Gasteiger partial charge >= 0.3 is 5.97 Å². The first kappa shape index (κ1) is 14.1. The van der Waals surface area contributed by atoms with E-state index < -0.39 is 5.97 Å². The van der Waals surface area contributed by atoms with Gasteiger partial charge in [-0.25, -0.2) is 19.4 Å². The molecule has 24 heavy (non-hydrogen) atoms. The summed E-state index contributed by atoms with van der Waals surface area (Å²) >= 11 is 0. The Bertz CT molecular complexity index is 1020. The summed E-state index contributed by atoms with van der Waals surface area (Å²) in [6, 6.07) is 9.90. The number of esters is 1. The Morgan fingerprint density at radius 3 is 2.75 bits per heavy atom. The van der Waals surface area contributed by atoms with Gasteiger partial charge in [0.25, 0.3) is 5.95 Å². The molecule has 0 bridgehead atoms. The maximum atomic E-state index is 11.5. The van der Waals surface area contributed by atoms with Crippen LogP contribution >= 0.6 is 0 Å². The van der Waals surface area contributed by atoms with Gasteiger partial charge in [0, 0.05) is 11.8 Å². The van der Waals surface area contributed by atoms with Crippen LogP contribution in [0.5, 0.6) is 0 Å². The molecule has 0 amide bonds. The van der Waals surface area contributed by atoms with Crippen molar-refractivity contribution in [2.24, 2.45) is 0 Å². The number of nitrogens with zero attached hydrogens (tertiary/aromatic N) is 5. The zero-order valence-corrected chi connectivity index (χ0v) is 12.7. The second-order valence-electron chi connectivity index (χ2n) is 5.02. The first-order valence-corrected chi connectivity index (χ1v) is 7.16. The number of methoxy groups -OCH3 is 1. The minimum atomic E-state index is -0.556. The Hall–Kier alpha value is -3.55. The summed E-state index contributed by atoms with van der Waals surface area (Å²) in [5.41, 5.74) is 2.94. The summed E-state index contributed by atoms with van der Waals surface area (Å²) < 4.78 is 6.20. The lowest BCUT2D eigenvalue weighted by Crippen LogP contribution is -2.03. The number of imidazole rings is 1. The van der Waals surface area contributed by atoms with Crippen molar-refractivity contribution in [1.82, 2.24) is 29.7 Å². The quantitative estimate of drug-likeness (QED) is 0.580. The van der Waals surface area contributed by atoms with Crippen molar-refractivity contribution >= 4 is 17.1 Å². The molecule has 0 aliphatic carbocycles. The van der Waals surface area contributed by atoms with Crippen LogP contribution < -0.4 is 0 Å². The molecule has 3 heterocycles. The number of rotatable bonds is 3. The van der Waals surface area contributed by atoms with Crippen molar-refractivity contribution < 1.29 is 9.53 Å².